The molecule has 0 spiro atoms. The molecule has 0 radical (unpaired) electrons. The van der Waals surface area contributed by atoms with E-state index in [-0.39, 0.29) is 12.1 Å². The lowest BCUT2D eigenvalue weighted by atomic mass is 10.1. The highest BCUT2D eigenvalue weighted by molar-refractivity contribution is 5.79. The first-order valence-electron chi connectivity index (χ1n) is 10.3. The van der Waals surface area contributed by atoms with E-state index in [9.17, 15) is 5.11 Å². The SMILES string of the molecule is C=CCc1ccccc1OCC(O)CNC(C)(C)COc1ccc(NN=C(C)C)nn1. The molecule has 8 heteroatoms. The quantitative estimate of drug-likeness (QED) is 0.256. The number of β-amino-alcohol motifs (C(OH)–C–C–N with tert-alkyl or cyclic N) is 1. The maximum Gasteiger partial charge on any atom is 0.233 e. The number of hydrogen-bond donors (Lipinski definition) is 3. The van der Waals surface area contributed by atoms with Gasteiger partial charge in [0.2, 0.25) is 5.88 Å². The molecule has 1 aromatic heterocycles. The van der Waals surface area contributed by atoms with Crippen molar-refractivity contribution >= 4 is 11.5 Å². The summed E-state index contributed by atoms with van der Waals surface area (Å²) in [7, 11) is 0. The van der Waals surface area contributed by atoms with Crippen LogP contribution in [0.25, 0.3) is 0 Å². The predicted octanol–water partition coefficient (Wildman–Crippen LogP) is 3.20. The van der Waals surface area contributed by atoms with Gasteiger partial charge in [-0.25, -0.2) is 0 Å². The van der Waals surface area contributed by atoms with Gasteiger partial charge in [0.05, 0.1) is 0 Å². The van der Waals surface area contributed by atoms with Crippen molar-refractivity contribution in [2.45, 2.75) is 45.8 Å². The van der Waals surface area contributed by atoms with Crippen LogP contribution in [-0.4, -0.2) is 52.4 Å². The topological polar surface area (TPSA) is 101 Å². The van der Waals surface area contributed by atoms with Gasteiger partial charge in [-0.15, -0.1) is 16.8 Å². The Morgan fingerprint density at radius 1 is 1.19 bits per heavy atom. The molecule has 1 unspecified atom stereocenters. The fourth-order valence-electron chi connectivity index (χ4n) is 2.54. The number of allylic oxidation sites excluding steroid dienone is 1. The van der Waals surface area contributed by atoms with E-state index >= 15 is 0 Å². The van der Waals surface area contributed by atoms with E-state index in [0.717, 1.165) is 23.4 Å². The number of nitrogens with zero attached hydrogens (tertiary/aromatic N) is 3. The van der Waals surface area contributed by atoms with Crippen LogP contribution in [0.1, 0.15) is 33.3 Å². The minimum absolute atomic E-state index is 0.192. The predicted molar refractivity (Wildman–Crippen MR) is 124 cm³/mol. The number of aliphatic hydroxyl groups excluding tert-OH is 1. The van der Waals surface area contributed by atoms with Gasteiger partial charge in [-0.2, -0.15) is 5.10 Å². The molecule has 0 aliphatic rings. The molecule has 0 aliphatic heterocycles. The Hall–Kier alpha value is -2.97. The average molecular weight is 428 g/mol. The Balaban J connectivity index is 1.75. The van der Waals surface area contributed by atoms with Crippen LogP contribution in [0.15, 0.2) is 54.2 Å². The van der Waals surface area contributed by atoms with E-state index in [0.29, 0.717) is 24.8 Å². The molecule has 0 amide bonds. The monoisotopic (exact) mass is 427 g/mol. The number of anilines is 1. The summed E-state index contributed by atoms with van der Waals surface area (Å²) in [5.74, 6) is 1.73. The van der Waals surface area contributed by atoms with Crippen LogP contribution in [0, 0.1) is 0 Å². The van der Waals surface area contributed by atoms with Crippen molar-refractivity contribution in [3.8, 4) is 11.6 Å². The van der Waals surface area contributed by atoms with Crippen LogP contribution in [0.5, 0.6) is 11.6 Å². The summed E-state index contributed by atoms with van der Waals surface area (Å²) in [6, 6.07) is 11.2. The zero-order valence-corrected chi connectivity index (χ0v) is 18.8. The molecule has 1 aromatic carbocycles. The molecular weight excluding hydrogens is 394 g/mol. The molecule has 1 heterocycles. The minimum atomic E-state index is -0.663. The van der Waals surface area contributed by atoms with Crippen molar-refractivity contribution in [2.75, 3.05) is 25.2 Å². The molecule has 2 aromatic rings. The van der Waals surface area contributed by atoms with Crippen LogP contribution in [0.3, 0.4) is 0 Å². The van der Waals surface area contributed by atoms with Crippen LogP contribution < -0.4 is 20.2 Å². The normalized spacial score (nSPS) is 12.0. The fraction of sp³-hybridized carbons (Fsp3) is 0.435. The van der Waals surface area contributed by atoms with Crippen LogP contribution in [-0.2, 0) is 6.42 Å². The third kappa shape index (κ3) is 9.15. The van der Waals surface area contributed by atoms with Crippen LogP contribution in [0.2, 0.25) is 0 Å². The molecule has 0 saturated heterocycles. The molecule has 1 atom stereocenters. The maximum atomic E-state index is 10.3. The molecule has 8 nitrogen and oxygen atoms in total. The van der Waals surface area contributed by atoms with E-state index in [4.69, 9.17) is 9.47 Å². The Morgan fingerprint density at radius 2 is 1.97 bits per heavy atom. The molecule has 3 N–H and O–H groups in total. The number of hydrazone groups is 1. The van der Waals surface area contributed by atoms with Gasteiger partial charge in [-0.05, 0) is 51.8 Å². The highest BCUT2D eigenvalue weighted by Gasteiger charge is 2.20. The van der Waals surface area contributed by atoms with Gasteiger partial charge in [0.25, 0.3) is 0 Å². The Kier molecular flexibility index (Phi) is 9.42. The van der Waals surface area contributed by atoms with Crippen molar-refractivity contribution in [3.63, 3.8) is 0 Å². The summed E-state index contributed by atoms with van der Waals surface area (Å²) in [6.07, 6.45) is 1.89. The van der Waals surface area contributed by atoms with Crippen LogP contribution >= 0.6 is 0 Å². The van der Waals surface area contributed by atoms with Crippen molar-refractivity contribution in [3.05, 3.63) is 54.6 Å². The number of benzene rings is 1. The van der Waals surface area contributed by atoms with E-state index in [1.54, 1.807) is 12.1 Å². The number of ether oxygens (including phenoxy) is 2. The Labute approximate surface area is 184 Å². The first kappa shape index (κ1) is 24.3. The summed E-state index contributed by atoms with van der Waals surface area (Å²) < 4.78 is 11.5. The first-order chi connectivity index (χ1) is 14.8. The highest BCUT2D eigenvalue weighted by atomic mass is 16.5. The highest BCUT2D eigenvalue weighted by Crippen LogP contribution is 2.19. The molecule has 31 heavy (non-hydrogen) atoms. The first-order valence-corrected chi connectivity index (χ1v) is 10.3. The molecule has 0 bridgehead atoms. The minimum Gasteiger partial charge on any atom is -0.491 e. The van der Waals surface area contributed by atoms with Gasteiger partial charge in [-0.1, -0.05) is 24.3 Å². The number of hydrogen-bond acceptors (Lipinski definition) is 8. The standard InChI is InChI=1S/C23H33N5O3/c1-6-9-18-10-7-8-11-20(18)30-15-19(29)14-24-23(4,5)16-31-22-13-12-21(27-28-22)26-25-17(2)3/h6-8,10-13,19,24,29H,1,9,14-16H2,2-5H3,(H,26,27). The third-order valence-electron chi connectivity index (χ3n) is 4.20. The third-order valence-corrected chi connectivity index (χ3v) is 4.20. The molecule has 168 valence electrons. The van der Waals surface area contributed by atoms with E-state index in [1.807, 2.05) is 58.0 Å². The molecule has 0 fully saturated rings. The largest absolute Gasteiger partial charge is 0.491 e. The van der Waals surface area contributed by atoms with E-state index in [2.05, 4.69) is 32.6 Å². The molecule has 2 rings (SSSR count). The average Bonchev–Trinajstić information content (AvgIpc) is 2.75. The van der Waals surface area contributed by atoms with Crippen molar-refractivity contribution in [2.24, 2.45) is 5.10 Å². The second kappa shape index (κ2) is 12.0. The van der Waals surface area contributed by atoms with Crippen molar-refractivity contribution in [1.29, 1.82) is 0 Å². The number of aliphatic hydroxyl groups is 1. The lowest BCUT2D eigenvalue weighted by Gasteiger charge is -2.27. The molecule has 0 aliphatic carbocycles. The zero-order chi connectivity index (χ0) is 22.7. The summed E-state index contributed by atoms with van der Waals surface area (Å²) in [5.41, 5.74) is 4.37. The summed E-state index contributed by atoms with van der Waals surface area (Å²) >= 11 is 0. The van der Waals surface area contributed by atoms with Crippen molar-refractivity contribution < 1.29 is 14.6 Å². The van der Waals surface area contributed by atoms with Gasteiger partial charge in [0, 0.05) is 23.9 Å². The Bertz CT molecular complexity index is 849. The lowest BCUT2D eigenvalue weighted by molar-refractivity contribution is 0.0919. The smallest absolute Gasteiger partial charge is 0.233 e. The van der Waals surface area contributed by atoms with E-state index < -0.39 is 6.10 Å². The number of aromatic nitrogens is 2. The van der Waals surface area contributed by atoms with E-state index in [1.165, 1.54) is 0 Å². The fourth-order valence-corrected chi connectivity index (χ4v) is 2.54. The number of nitrogens with one attached hydrogen (secondary N) is 2. The zero-order valence-electron chi connectivity index (χ0n) is 18.8. The van der Waals surface area contributed by atoms with Gasteiger partial charge in [0.1, 0.15) is 25.1 Å². The lowest BCUT2D eigenvalue weighted by Crippen LogP contribution is -2.48. The van der Waals surface area contributed by atoms with Gasteiger partial charge in [0.15, 0.2) is 5.82 Å². The van der Waals surface area contributed by atoms with Gasteiger partial charge >= 0.3 is 0 Å². The van der Waals surface area contributed by atoms with Crippen molar-refractivity contribution in [1.82, 2.24) is 15.5 Å². The number of rotatable bonds is 13. The van der Waals surface area contributed by atoms with Gasteiger partial charge in [-0.3, -0.25) is 5.43 Å². The second-order valence-corrected chi connectivity index (χ2v) is 8.05. The van der Waals surface area contributed by atoms with Gasteiger partial charge < -0.3 is 19.9 Å². The Morgan fingerprint density at radius 3 is 2.65 bits per heavy atom. The van der Waals surface area contributed by atoms with Crippen LogP contribution in [0.4, 0.5) is 5.82 Å². The maximum absolute atomic E-state index is 10.3. The number of para-hydroxylation sites is 1. The summed E-state index contributed by atoms with van der Waals surface area (Å²) in [6.45, 7) is 12.4. The molecule has 0 saturated carbocycles. The summed E-state index contributed by atoms with van der Waals surface area (Å²) in [5, 5.41) is 25.7. The summed E-state index contributed by atoms with van der Waals surface area (Å²) in [4.78, 5) is 0. The second-order valence-electron chi connectivity index (χ2n) is 8.05. The molecular formula is C23H33N5O3.